The minimum absolute atomic E-state index is 0.0425. The molecule has 2 aromatic carbocycles. The van der Waals surface area contributed by atoms with E-state index in [1.807, 2.05) is 30.7 Å². The number of hydrogen-bond donors (Lipinski definition) is 0. The van der Waals surface area contributed by atoms with E-state index in [4.69, 9.17) is 4.74 Å². The van der Waals surface area contributed by atoms with Crippen molar-refractivity contribution in [1.29, 1.82) is 0 Å². The van der Waals surface area contributed by atoms with Gasteiger partial charge >= 0.3 is 0 Å². The number of nitrogens with zero attached hydrogens (tertiary/aromatic N) is 3. The van der Waals surface area contributed by atoms with Crippen molar-refractivity contribution in [3.63, 3.8) is 0 Å². The Labute approximate surface area is 170 Å². The van der Waals surface area contributed by atoms with Gasteiger partial charge in [0.25, 0.3) is 5.91 Å². The van der Waals surface area contributed by atoms with E-state index in [9.17, 15) is 9.18 Å². The molecule has 0 aliphatic rings. The molecule has 0 spiro atoms. The number of aryl methyl sites for hydroxylation is 2. The van der Waals surface area contributed by atoms with Gasteiger partial charge in [-0.2, -0.15) is 5.10 Å². The first-order valence-corrected chi connectivity index (χ1v) is 9.64. The molecule has 1 aromatic heterocycles. The lowest BCUT2D eigenvalue weighted by atomic mass is 10.1. The average Bonchev–Trinajstić information content (AvgIpc) is 3.00. The Morgan fingerprint density at radius 3 is 2.34 bits per heavy atom. The van der Waals surface area contributed by atoms with Gasteiger partial charge in [-0.3, -0.25) is 9.48 Å². The number of carbonyl (C=O) groups excluding carboxylic acids is 1. The number of ether oxygens (including phenoxy) is 1. The zero-order valence-corrected chi connectivity index (χ0v) is 17.3. The van der Waals surface area contributed by atoms with Crippen molar-refractivity contribution in [2.45, 2.75) is 40.5 Å². The first-order valence-electron chi connectivity index (χ1n) is 9.64. The zero-order chi connectivity index (χ0) is 21.0. The molecule has 1 amide bonds. The van der Waals surface area contributed by atoms with E-state index in [1.54, 1.807) is 36.2 Å². The minimum Gasteiger partial charge on any atom is -0.489 e. The lowest BCUT2D eigenvalue weighted by Crippen LogP contribution is -2.26. The summed E-state index contributed by atoms with van der Waals surface area (Å²) < 4.78 is 20.5. The van der Waals surface area contributed by atoms with Crippen molar-refractivity contribution in [1.82, 2.24) is 14.7 Å². The normalized spacial score (nSPS) is 10.8. The third-order valence-electron chi connectivity index (χ3n) is 4.99. The van der Waals surface area contributed by atoms with Gasteiger partial charge < -0.3 is 9.64 Å². The van der Waals surface area contributed by atoms with Crippen LogP contribution in [0.1, 0.15) is 39.8 Å². The molecule has 0 unspecified atom stereocenters. The number of amides is 1. The summed E-state index contributed by atoms with van der Waals surface area (Å²) in [6.07, 6.45) is 0. The molecule has 0 bridgehead atoms. The smallest absolute Gasteiger partial charge is 0.253 e. The average molecular weight is 395 g/mol. The zero-order valence-electron chi connectivity index (χ0n) is 17.3. The number of halogens is 1. The van der Waals surface area contributed by atoms with Gasteiger partial charge in [0.05, 0.1) is 5.69 Å². The van der Waals surface area contributed by atoms with Gasteiger partial charge in [-0.1, -0.05) is 12.1 Å². The maximum atomic E-state index is 12.9. The standard InChI is InChI=1S/C23H26FN3O2/c1-5-27-17(3)22(16(2)25-27)14-26(4)23(28)19-8-6-18(7-9-19)15-29-21-12-10-20(24)11-13-21/h6-13H,5,14-15H2,1-4H3. The fourth-order valence-corrected chi connectivity index (χ4v) is 3.24. The molecular weight excluding hydrogens is 369 g/mol. The molecule has 29 heavy (non-hydrogen) atoms. The molecule has 3 rings (SSSR count). The molecule has 152 valence electrons. The Bertz CT molecular complexity index is 979. The highest BCUT2D eigenvalue weighted by Crippen LogP contribution is 2.18. The molecule has 0 radical (unpaired) electrons. The second-order valence-electron chi connectivity index (χ2n) is 7.07. The molecule has 0 aliphatic heterocycles. The lowest BCUT2D eigenvalue weighted by Gasteiger charge is -2.18. The number of aromatic nitrogens is 2. The molecule has 0 atom stereocenters. The summed E-state index contributed by atoms with van der Waals surface area (Å²) in [5, 5.41) is 4.52. The minimum atomic E-state index is -0.295. The number of hydrogen-bond acceptors (Lipinski definition) is 3. The summed E-state index contributed by atoms with van der Waals surface area (Å²) >= 11 is 0. The summed E-state index contributed by atoms with van der Waals surface area (Å²) in [5.74, 6) is 0.264. The van der Waals surface area contributed by atoms with E-state index < -0.39 is 0 Å². The Kier molecular flexibility index (Phi) is 6.32. The van der Waals surface area contributed by atoms with Gasteiger partial charge in [-0.25, -0.2) is 4.39 Å². The second-order valence-corrected chi connectivity index (χ2v) is 7.07. The quantitative estimate of drug-likeness (QED) is 0.591. The maximum absolute atomic E-state index is 12.9. The molecule has 0 fully saturated rings. The number of carbonyl (C=O) groups is 1. The van der Waals surface area contributed by atoms with E-state index in [0.29, 0.717) is 24.5 Å². The first kappa shape index (κ1) is 20.6. The Hall–Kier alpha value is -3.15. The molecule has 1 heterocycles. The van der Waals surface area contributed by atoms with Crippen molar-refractivity contribution in [2.75, 3.05) is 7.05 Å². The molecule has 0 saturated heterocycles. The summed E-state index contributed by atoms with van der Waals surface area (Å²) in [5.41, 5.74) is 4.70. The fraction of sp³-hybridized carbons (Fsp3) is 0.304. The largest absolute Gasteiger partial charge is 0.489 e. The van der Waals surface area contributed by atoms with Crippen LogP contribution in [0.15, 0.2) is 48.5 Å². The van der Waals surface area contributed by atoms with Crippen LogP contribution in [-0.4, -0.2) is 27.6 Å². The topological polar surface area (TPSA) is 47.4 Å². The van der Waals surface area contributed by atoms with Crippen molar-refractivity contribution in [3.05, 3.63) is 82.4 Å². The van der Waals surface area contributed by atoms with Gasteiger partial charge in [-0.05, 0) is 62.7 Å². The predicted octanol–water partition coefficient (Wildman–Crippen LogP) is 4.51. The van der Waals surface area contributed by atoms with Crippen LogP contribution in [0.3, 0.4) is 0 Å². The van der Waals surface area contributed by atoms with Crippen LogP contribution < -0.4 is 4.74 Å². The van der Waals surface area contributed by atoms with Gasteiger partial charge in [0, 0.05) is 37.0 Å². The highest BCUT2D eigenvalue weighted by Gasteiger charge is 2.17. The van der Waals surface area contributed by atoms with Gasteiger partial charge in [0.1, 0.15) is 18.2 Å². The van der Waals surface area contributed by atoms with Crippen LogP contribution >= 0.6 is 0 Å². The number of benzene rings is 2. The van der Waals surface area contributed by atoms with Crippen LogP contribution in [0.2, 0.25) is 0 Å². The van der Waals surface area contributed by atoms with Crippen LogP contribution in [0.25, 0.3) is 0 Å². The molecule has 0 N–H and O–H groups in total. The van der Waals surface area contributed by atoms with Crippen LogP contribution in [0.5, 0.6) is 5.75 Å². The van der Waals surface area contributed by atoms with Crippen LogP contribution in [-0.2, 0) is 19.7 Å². The first-order chi connectivity index (χ1) is 13.9. The third kappa shape index (κ3) is 4.83. The van der Waals surface area contributed by atoms with Gasteiger partial charge in [-0.15, -0.1) is 0 Å². The highest BCUT2D eigenvalue weighted by molar-refractivity contribution is 5.94. The molecule has 6 heteroatoms. The molecule has 3 aromatic rings. The summed E-state index contributed by atoms with van der Waals surface area (Å²) in [7, 11) is 1.80. The Balaban J connectivity index is 1.62. The summed E-state index contributed by atoms with van der Waals surface area (Å²) in [6.45, 7) is 7.75. The molecular formula is C23H26FN3O2. The summed E-state index contributed by atoms with van der Waals surface area (Å²) in [6, 6.07) is 13.3. The molecule has 0 saturated carbocycles. The Morgan fingerprint density at radius 2 is 1.76 bits per heavy atom. The third-order valence-corrected chi connectivity index (χ3v) is 4.99. The number of rotatable bonds is 7. The van der Waals surface area contributed by atoms with E-state index in [2.05, 4.69) is 12.0 Å². The van der Waals surface area contributed by atoms with Crippen molar-refractivity contribution in [3.8, 4) is 5.75 Å². The van der Waals surface area contributed by atoms with E-state index >= 15 is 0 Å². The van der Waals surface area contributed by atoms with E-state index in [1.165, 1.54) is 12.1 Å². The van der Waals surface area contributed by atoms with Crippen molar-refractivity contribution in [2.24, 2.45) is 0 Å². The fourth-order valence-electron chi connectivity index (χ4n) is 3.24. The Morgan fingerprint density at radius 1 is 1.10 bits per heavy atom. The summed E-state index contributed by atoms with van der Waals surface area (Å²) in [4.78, 5) is 14.5. The highest BCUT2D eigenvalue weighted by atomic mass is 19.1. The van der Waals surface area contributed by atoms with Crippen LogP contribution in [0, 0.1) is 19.7 Å². The maximum Gasteiger partial charge on any atom is 0.253 e. The predicted molar refractivity (Wildman–Crippen MR) is 110 cm³/mol. The van der Waals surface area contributed by atoms with Crippen LogP contribution in [0.4, 0.5) is 4.39 Å². The van der Waals surface area contributed by atoms with Crippen molar-refractivity contribution < 1.29 is 13.9 Å². The van der Waals surface area contributed by atoms with E-state index in [-0.39, 0.29) is 11.7 Å². The lowest BCUT2D eigenvalue weighted by molar-refractivity contribution is 0.0784. The molecule has 5 nitrogen and oxygen atoms in total. The monoisotopic (exact) mass is 395 g/mol. The van der Waals surface area contributed by atoms with E-state index in [0.717, 1.165) is 29.1 Å². The van der Waals surface area contributed by atoms with Gasteiger partial charge in [0.15, 0.2) is 0 Å². The molecule has 0 aliphatic carbocycles. The van der Waals surface area contributed by atoms with Gasteiger partial charge in [0.2, 0.25) is 0 Å². The second kappa shape index (κ2) is 8.90. The SMILES string of the molecule is CCn1nc(C)c(CN(C)C(=O)c2ccc(COc3ccc(F)cc3)cc2)c1C. The van der Waals surface area contributed by atoms with Crippen molar-refractivity contribution >= 4 is 5.91 Å².